The molecule has 1 amide bonds. The third kappa shape index (κ3) is 3.67. The number of furan rings is 1. The summed E-state index contributed by atoms with van der Waals surface area (Å²) >= 11 is 2.46. The summed E-state index contributed by atoms with van der Waals surface area (Å²) in [5.74, 6) is 0.339. The zero-order valence-corrected chi connectivity index (χ0v) is 16.3. The lowest BCUT2D eigenvalue weighted by atomic mass is 10.2. The SMILES string of the molecule is Cc1ccc(O)c(NC(=O)CSc2nc3scc(-c4ccco4)c3c(=O)[nH]2)c1. The van der Waals surface area contributed by atoms with Crippen LogP contribution in [0, 0.1) is 6.92 Å². The van der Waals surface area contributed by atoms with Gasteiger partial charge in [-0.1, -0.05) is 17.8 Å². The Morgan fingerprint density at radius 2 is 2.25 bits per heavy atom. The van der Waals surface area contributed by atoms with Gasteiger partial charge < -0.3 is 19.8 Å². The molecule has 0 unspecified atom stereocenters. The number of H-pyrrole nitrogens is 1. The van der Waals surface area contributed by atoms with Crippen LogP contribution in [0.4, 0.5) is 5.69 Å². The first-order valence-corrected chi connectivity index (χ1v) is 10.2. The highest BCUT2D eigenvalue weighted by atomic mass is 32.2. The molecule has 0 aliphatic carbocycles. The standard InChI is InChI=1S/C19H15N3O4S2/c1-10-4-5-13(23)12(7-10)20-15(24)9-28-19-21-17(25)16-11(8-27-18(16)22-19)14-3-2-6-26-14/h2-8,23H,9H2,1H3,(H,20,24)(H,21,22,25). The molecule has 0 aliphatic rings. The van der Waals surface area contributed by atoms with Gasteiger partial charge in [-0.05, 0) is 36.8 Å². The average molecular weight is 413 g/mol. The first-order valence-electron chi connectivity index (χ1n) is 8.29. The zero-order valence-electron chi connectivity index (χ0n) is 14.7. The van der Waals surface area contributed by atoms with Crippen molar-refractivity contribution in [3.63, 3.8) is 0 Å². The van der Waals surface area contributed by atoms with E-state index in [1.165, 1.54) is 17.4 Å². The van der Waals surface area contributed by atoms with E-state index in [4.69, 9.17) is 4.42 Å². The topological polar surface area (TPSA) is 108 Å². The van der Waals surface area contributed by atoms with E-state index in [-0.39, 0.29) is 23.0 Å². The molecule has 3 aromatic heterocycles. The number of amides is 1. The Morgan fingerprint density at radius 1 is 1.39 bits per heavy atom. The summed E-state index contributed by atoms with van der Waals surface area (Å²) < 4.78 is 5.37. The van der Waals surface area contributed by atoms with Crippen LogP contribution in [-0.2, 0) is 4.79 Å². The van der Waals surface area contributed by atoms with Gasteiger partial charge in [0.1, 0.15) is 16.3 Å². The Hall–Kier alpha value is -3.04. The number of aromatic amines is 1. The summed E-state index contributed by atoms with van der Waals surface area (Å²) in [6, 6.07) is 8.51. The van der Waals surface area contributed by atoms with Crippen LogP contribution in [0.25, 0.3) is 21.5 Å². The van der Waals surface area contributed by atoms with E-state index in [0.29, 0.717) is 32.4 Å². The fraction of sp³-hybridized carbons (Fsp3) is 0.105. The molecule has 0 fully saturated rings. The van der Waals surface area contributed by atoms with E-state index >= 15 is 0 Å². The van der Waals surface area contributed by atoms with Crippen molar-refractivity contribution in [1.29, 1.82) is 0 Å². The van der Waals surface area contributed by atoms with E-state index in [9.17, 15) is 14.7 Å². The number of thioether (sulfide) groups is 1. The number of benzene rings is 1. The van der Waals surface area contributed by atoms with Crippen LogP contribution in [0.1, 0.15) is 5.56 Å². The molecule has 3 heterocycles. The maximum absolute atomic E-state index is 12.5. The maximum Gasteiger partial charge on any atom is 0.261 e. The summed E-state index contributed by atoms with van der Waals surface area (Å²) in [7, 11) is 0. The lowest BCUT2D eigenvalue weighted by Crippen LogP contribution is -2.15. The van der Waals surface area contributed by atoms with Crippen LogP contribution in [0.5, 0.6) is 5.75 Å². The molecule has 28 heavy (non-hydrogen) atoms. The molecule has 4 aromatic rings. The van der Waals surface area contributed by atoms with Gasteiger partial charge in [-0.3, -0.25) is 9.59 Å². The summed E-state index contributed by atoms with van der Waals surface area (Å²) in [6.45, 7) is 1.87. The summed E-state index contributed by atoms with van der Waals surface area (Å²) in [5.41, 5.74) is 1.69. The highest BCUT2D eigenvalue weighted by Gasteiger charge is 2.15. The number of nitrogens with one attached hydrogen (secondary N) is 2. The number of rotatable bonds is 5. The molecule has 0 saturated carbocycles. The Labute approximate surface area is 167 Å². The van der Waals surface area contributed by atoms with Gasteiger partial charge in [0.15, 0.2) is 5.16 Å². The molecular formula is C19H15N3O4S2. The van der Waals surface area contributed by atoms with Gasteiger partial charge >= 0.3 is 0 Å². The van der Waals surface area contributed by atoms with Crippen molar-refractivity contribution < 1.29 is 14.3 Å². The highest BCUT2D eigenvalue weighted by molar-refractivity contribution is 7.99. The predicted octanol–water partition coefficient (Wildman–Crippen LogP) is 3.99. The molecule has 4 rings (SSSR count). The molecule has 0 saturated heterocycles. The molecule has 9 heteroatoms. The molecule has 0 atom stereocenters. The molecule has 1 aromatic carbocycles. The molecule has 3 N–H and O–H groups in total. The minimum atomic E-state index is -0.309. The Morgan fingerprint density at radius 3 is 3.04 bits per heavy atom. The number of aromatic nitrogens is 2. The van der Waals surface area contributed by atoms with Crippen molar-refractivity contribution >= 4 is 44.9 Å². The van der Waals surface area contributed by atoms with Crippen molar-refractivity contribution in [3.8, 4) is 17.1 Å². The van der Waals surface area contributed by atoms with Crippen LogP contribution in [-0.4, -0.2) is 26.7 Å². The van der Waals surface area contributed by atoms with Gasteiger partial charge in [-0.15, -0.1) is 11.3 Å². The van der Waals surface area contributed by atoms with E-state index < -0.39 is 0 Å². The number of aryl methyl sites for hydroxylation is 1. The number of aromatic hydroxyl groups is 1. The monoisotopic (exact) mass is 413 g/mol. The van der Waals surface area contributed by atoms with E-state index in [1.54, 1.807) is 30.5 Å². The lowest BCUT2D eigenvalue weighted by Gasteiger charge is -2.08. The minimum Gasteiger partial charge on any atom is -0.506 e. The fourth-order valence-electron chi connectivity index (χ4n) is 2.68. The van der Waals surface area contributed by atoms with Gasteiger partial charge in [0, 0.05) is 10.9 Å². The minimum absolute atomic E-state index is 0.000873. The number of hydrogen-bond acceptors (Lipinski definition) is 7. The molecular weight excluding hydrogens is 398 g/mol. The van der Waals surface area contributed by atoms with Crippen LogP contribution < -0.4 is 10.9 Å². The lowest BCUT2D eigenvalue weighted by molar-refractivity contribution is -0.113. The summed E-state index contributed by atoms with van der Waals surface area (Å²) in [6.07, 6.45) is 1.55. The number of fused-ring (bicyclic) bond motifs is 1. The number of nitrogens with zero attached hydrogens (tertiary/aromatic N) is 1. The summed E-state index contributed by atoms with van der Waals surface area (Å²) in [4.78, 5) is 32.4. The third-order valence-electron chi connectivity index (χ3n) is 3.97. The number of phenolic OH excluding ortho intramolecular Hbond substituents is 1. The largest absolute Gasteiger partial charge is 0.506 e. The van der Waals surface area contributed by atoms with Crippen molar-refractivity contribution in [3.05, 3.63) is 57.9 Å². The van der Waals surface area contributed by atoms with E-state index in [2.05, 4.69) is 15.3 Å². The second-order valence-corrected chi connectivity index (χ2v) is 7.86. The Kier molecular flexibility index (Phi) is 4.93. The van der Waals surface area contributed by atoms with Crippen molar-refractivity contribution in [2.24, 2.45) is 0 Å². The van der Waals surface area contributed by atoms with Crippen molar-refractivity contribution in [2.45, 2.75) is 12.1 Å². The first kappa shape index (κ1) is 18.3. The molecule has 142 valence electrons. The van der Waals surface area contributed by atoms with Gasteiger partial charge in [0.05, 0.1) is 23.1 Å². The van der Waals surface area contributed by atoms with Gasteiger partial charge in [0.2, 0.25) is 5.91 Å². The Balaban J connectivity index is 1.50. The van der Waals surface area contributed by atoms with Crippen molar-refractivity contribution in [1.82, 2.24) is 9.97 Å². The van der Waals surface area contributed by atoms with E-state index in [1.807, 2.05) is 12.3 Å². The van der Waals surface area contributed by atoms with Gasteiger partial charge in [-0.25, -0.2) is 4.98 Å². The number of anilines is 1. The van der Waals surface area contributed by atoms with Crippen LogP contribution in [0.2, 0.25) is 0 Å². The highest BCUT2D eigenvalue weighted by Crippen LogP contribution is 2.31. The molecule has 7 nitrogen and oxygen atoms in total. The van der Waals surface area contributed by atoms with Crippen LogP contribution in [0.15, 0.2) is 56.3 Å². The molecule has 0 spiro atoms. The number of hydrogen-bond donors (Lipinski definition) is 3. The van der Waals surface area contributed by atoms with E-state index in [0.717, 1.165) is 17.3 Å². The number of phenols is 1. The number of thiophene rings is 1. The van der Waals surface area contributed by atoms with Gasteiger partial charge in [0.25, 0.3) is 5.56 Å². The third-order valence-corrected chi connectivity index (χ3v) is 5.72. The normalized spacial score (nSPS) is 11.0. The first-order chi connectivity index (χ1) is 13.5. The second kappa shape index (κ2) is 7.53. The molecule has 0 aliphatic heterocycles. The Bertz CT molecular complexity index is 1210. The number of carbonyl (C=O) groups is 1. The second-order valence-electron chi connectivity index (χ2n) is 6.04. The number of carbonyl (C=O) groups excluding carboxylic acids is 1. The molecule has 0 bridgehead atoms. The summed E-state index contributed by atoms with van der Waals surface area (Å²) in [5, 5.41) is 15.1. The van der Waals surface area contributed by atoms with Gasteiger partial charge in [-0.2, -0.15) is 0 Å². The molecule has 0 radical (unpaired) electrons. The quantitative estimate of drug-likeness (QED) is 0.259. The predicted molar refractivity (Wildman–Crippen MR) is 110 cm³/mol. The van der Waals surface area contributed by atoms with Crippen LogP contribution in [0.3, 0.4) is 0 Å². The van der Waals surface area contributed by atoms with Crippen molar-refractivity contribution in [2.75, 3.05) is 11.1 Å². The smallest absolute Gasteiger partial charge is 0.261 e. The van der Waals surface area contributed by atoms with Crippen LogP contribution >= 0.6 is 23.1 Å². The fourth-order valence-corrected chi connectivity index (χ4v) is 4.33. The maximum atomic E-state index is 12.5. The zero-order chi connectivity index (χ0) is 19.7. The average Bonchev–Trinajstić information content (AvgIpc) is 3.32.